The van der Waals surface area contributed by atoms with Crippen LogP contribution in [-0.4, -0.2) is 37.2 Å². The van der Waals surface area contributed by atoms with E-state index in [0.29, 0.717) is 24.7 Å². The molecule has 20 heavy (non-hydrogen) atoms. The van der Waals surface area contributed by atoms with Crippen LogP contribution in [0.4, 0.5) is 4.79 Å². The molecule has 0 aliphatic carbocycles. The first-order valence-corrected chi connectivity index (χ1v) is 7.24. The fraction of sp³-hybridized carbons (Fsp3) is 0.533. The zero-order valence-electron chi connectivity index (χ0n) is 12.4. The minimum Gasteiger partial charge on any atom is -0.380 e. The van der Waals surface area contributed by atoms with Gasteiger partial charge in [-0.15, -0.1) is 0 Å². The standard InChI is InChI=1S/C15H23ClN2O2/c1-4-8-18(15(19)17-10-12(2)20-3)11-13-6-5-7-14(16)9-13/h5-7,9,12H,4,8,10-11H2,1-3H3,(H,17,19)/t12-/m0/s1. The number of hydrogen-bond donors (Lipinski definition) is 1. The van der Waals surface area contributed by atoms with Crippen LogP contribution in [0.25, 0.3) is 0 Å². The van der Waals surface area contributed by atoms with Gasteiger partial charge in [-0.05, 0) is 31.0 Å². The van der Waals surface area contributed by atoms with Gasteiger partial charge in [0, 0.05) is 31.8 Å². The van der Waals surface area contributed by atoms with Crippen molar-refractivity contribution in [2.24, 2.45) is 0 Å². The number of halogens is 1. The normalized spacial score (nSPS) is 12.0. The third-order valence-electron chi connectivity index (χ3n) is 2.99. The van der Waals surface area contributed by atoms with Crippen LogP contribution < -0.4 is 5.32 Å². The smallest absolute Gasteiger partial charge is 0.317 e. The highest BCUT2D eigenvalue weighted by atomic mass is 35.5. The molecule has 0 saturated heterocycles. The summed E-state index contributed by atoms with van der Waals surface area (Å²) in [7, 11) is 1.63. The Morgan fingerprint density at radius 3 is 2.85 bits per heavy atom. The number of hydrogen-bond acceptors (Lipinski definition) is 2. The molecule has 1 aromatic carbocycles. The third kappa shape index (κ3) is 5.80. The molecule has 0 aliphatic rings. The van der Waals surface area contributed by atoms with Crippen molar-refractivity contribution in [3.63, 3.8) is 0 Å². The van der Waals surface area contributed by atoms with Gasteiger partial charge in [0.05, 0.1) is 6.10 Å². The monoisotopic (exact) mass is 298 g/mol. The summed E-state index contributed by atoms with van der Waals surface area (Å²) >= 11 is 5.97. The molecule has 0 aromatic heterocycles. The average molecular weight is 299 g/mol. The van der Waals surface area contributed by atoms with Crippen molar-refractivity contribution < 1.29 is 9.53 Å². The first-order valence-electron chi connectivity index (χ1n) is 6.86. The van der Waals surface area contributed by atoms with Gasteiger partial charge in [-0.3, -0.25) is 0 Å². The van der Waals surface area contributed by atoms with Crippen molar-refractivity contribution in [3.05, 3.63) is 34.9 Å². The Morgan fingerprint density at radius 1 is 1.50 bits per heavy atom. The number of carbonyl (C=O) groups is 1. The third-order valence-corrected chi connectivity index (χ3v) is 3.22. The SMILES string of the molecule is CCCN(Cc1cccc(Cl)c1)C(=O)NC[C@H](C)OC. The molecule has 1 rings (SSSR count). The van der Waals surface area contributed by atoms with E-state index in [0.717, 1.165) is 12.0 Å². The van der Waals surface area contributed by atoms with Crippen molar-refractivity contribution in [3.8, 4) is 0 Å². The zero-order valence-corrected chi connectivity index (χ0v) is 13.1. The van der Waals surface area contributed by atoms with E-state index in [4.69, 9.17) is 16.3 Å². The Balaban J connectivity index is 2.61. The van der Waals surface area contributed by atoms with E-state index in [1.807, 2.05) is 31.2 Å². The summed E-state index contributed by atoms with van der Waals surface area (Å²) in [6.45, 7) is 5.74. The molecule has 0 heterocycles. The van der Waals surface area contributed by atoms with Crippen LogP contribution in [0.15, 0.2) is 24.3 Å². The van der Waals surface area contributed by atoms with Crippen LogP contribution in [0.3, 0.4) is 0 Å². The molecule has 0 fully saturated rings. The summed E-state index contributed by atoms with van der Waals surface area (Å²) in [6.07, 6.45) is 0.918. The zero-order chi connectivity index (χ0) is 15.0. The van der Waals surface area contributed by atoms with Crippen LogP contribution in [0.5, 0.6) is 0 Å². The predicted molar refractivity (Wildman–Crippen MR) is 82.0 cm³/mol. The lowest BCUT2D eigenvalue weighted by Crippen LogP contribution is -2.42. The van der Waals surface area contributed by atoms with E-state index in [2.05, 4.69) is 12.2 Å². The summed E-state index contributed by atoms with van der Waals surface area (Å²) in [5.74, 6) is 0. The van der Waals surface area contributed by atoms with Crippen LogP contribution in [0.1, 0.15) is 25.8 Å². The second-order valence-electron chi connectivity index (χ2n) is 4.78. The van der Waals surface area contributed by atoms with E-state index in [1.54, 1.807) is 12.0 Å². The van der Waals surface area contributed by atoms with E-state index < -0.39 is 0 Å². The number of ether oxygens (including phenoxy) is 1. The molecule has 1 aromatic rings. The quantitative estimate of drug-likeness (QED) is 0.839. The average Bonchev–Trinajstić information content (AvgIpc) is 2.44. The molecular formula is C15H23ClN2O2. The Kier molecular flexibility index (Phi) is 7.41. The topological polar surface area (TPSA) is 41.6 Å². The summed E-state index contributed by atoms with van der Waals surface area (Å²) < 4.78 is 5.12. The summed E-state index contributed by atoms with van der Waals surface area (Å²) in [5.41, 5.74) is 1.03. The second-order valence-corrected chi connectivity index (χ2v) is 5.22. The molecule has 5 heteroatoms. The van der Waals surface area contributed by atoms with Crippen molar-refractivity contribution in [1.29, 1.82) is 0 Å². The van der Waals surface area contributed by atoms with Crippen LogP contribution in [0.2, 0.25) is 5.02 Å². The number of urea groups is 1. The highest BCUT2D eigenvalue weighted by Crippen LogP contribution is 2.13. The molecule has 0 radical (unpaired) electrons. The van der Waals surface area contributed by atoms with E-state index in [1.165, 1.54) is 0 Å². The largest absolute Gasteiger partial charge is 0.380 e. The van der Waals surface area contributed by atoms with Crippen molar-refractivity contribution in [2.45, 2.75) is 32.9 Å². The molecular weight excluding hydrogens is 276 g/mol. The minimum atomic E-state index is -0.0734. The first kappa shape index (κ1) is 16.8. The van der Waals surface area contributed by atoms with Gasteiger partial charge < -0.3 is 15.0 Å². The van der Waals surface area contributed by atoms with E-state index in [-0.39, 0.29) is 12.1 Å². The number of carbonyl (C=O) groups excluding carboxylic acids is 1. The summed E-state index contributed by atoms with van der Waals surface area (Å²) in [4.78, 5) is 14.0. The fourth-order valence-corrected chi connectivity index (χ4v) is 2.02. The number of rotatable bonds is 7. The number of nitrogens with zero attached hydrogens (tertiary/aromatic N) is 1. The predicted octanol–water partition coefficient (Wildman–Crippen LogP) is 3.30. The lowest BCUT2D eigenvalue weighted by atomic mass is 10.2. The maximum atomic E-state index is 12.2. The summed E-state index contributed by atoms with van der Waals surface area (Å²) in [6, 6.07) is 7.51. The van der Waals surface area contributed by atoms with Crippen LogP contribution >= 0.6 is 11.6 Å². The van der Waals surface area contributed by atoms with Crippen molar-refractivity contribution in [2.75, 3.05) is 20.2 Å². The number of nitrogens with one attached hydrogen (secondary N) is 1. The Bertz CT molecular complexity index is 426. The van der Waals surface area contributed by atoms with Crippen LogP contribution in [0, 0.1) is 0 Å². The van der Waals surface area contributed by atoms with Crippen molar-refractivity contribution >= 4 is 17.6 Å². The molecule has 0 unspecified atom stereocenters. The van der Waals surface area contributed by atoms with E-state index >= 15 is 0 Å². The lowest BCUT2D eigenvalue weighted by molar-refractivity contribution is 0.115. The van der Waals surface area contributed by atoms with Gasteiger partial charge in [-0.1, -0.05) is 30.7 Å². The van der Waals surface area contributed by atoms with Crippen molar-refractivity contribution in [1.82, 2.24) is 10.2 Å². The van der Waals surface area contributed by atoms with Gasteiger partial charge in [-0.2, -0.15) is 0 Å². The molecule has 0 aliphatic heterocycles. The fourth-order valence-electron chi connectivity index (χ4n) is 1.80. The van der Waals surface area contributed by atoms with Gasteiger partial charge in [0.2, 0.25) is 0 Å². The van der Waals surface area contributed by atoms with Crippen LogP contribution in [-0.2, 0) is 11.3 Å². The molecule has 0 saturated carbocycles. The first-order chi connectivity index (χ1) is 9.56. The van der Waals surface area contributed by atoms with Gasteiger partial charge >= 0.3 is 6.03 Å². The number of amides is 2. The molecule has 2 amide bonds. The molecule has 1 N–H and O–H groups in total. The maximum Gasteiger partial charge on any atom is 0.317 e. The van der Waals surface area contributed by atoms with Gasteiger partial charge in [-0.25, -0.2) is 4.79 Å². The van der Waals surface area contributed by atoms with Gasteiger partial charge in [0.25, 0.3) is 0 Å². The minimum absolute atomic E-state index is 0.00796. The molecule has 0 spiro atoms. The molecule has 1 atom stereocenters. The second kappa shape index (κ2) is 8.82. The molecule has 4 nitrogen and oxygen atoms in total. The van der Waals surface area contributed by atoms with Gasteiger partial charge in [0.1, 0.15) is 0 Å². The Morgan fingerprint density at radius 2 is 2.25 bits per heavy atom. The number of benzene rings is 1. The maximum absolute atomic E-state index is 12.2. The molecule has 0 bridgehead atoms. The Hall–Kier alpha value is -1.26. The number of methoxy groups -OCH3 is 1. The Labute approximate surface area is 126 Å². The summed E-state index contributed by atoms with van der Waals surface area (Å²) in [5, 5.41) is 3.57. The van der Waals surface area contributed by atoms with E-state index in [9.17, 15) is 4.79 Å². The molecule has 112 valence electrons. The highest BCUT2D eigenvalue weighted by Gasteiger charge is 2.13. The highest BCUT2D eigenvalue weighted by molar-refractivity contribution is 6.30. The lowest BCUT2D eigenvalue weighted by Gasteiger charge is -2.23. The van der Waals surface area contributed by atoms with Gasteiger partial charge in [0.15, 0.2) is 0 Å².